The second-order valence-electron chi connectivity index (χ2n) is 9.39. The number of nitrogens with zero attached hydrogens (tertiary/aromatic N) is 3. The number of benzene rings is 2. The highest BCUT2D eigenvalue weighted by atomic mass is 16.5. The number of fused-ring (bicyclic) bond motifs is 1. The molecule has 1 aliphatic carbocycles. The van der Waals surface area contributed by atoms with Crippen molar-refractivity contribution in [3.63, 3.8) is 0 Å². The summed E-state index contributed by atoms with van der Waals surface area (Å²) in [5, 5.41) is 4.29. The van der Waals surface area contributed by atoms with Gasteiger partial charge in [-0.25, -0.2) is 4.98 Å². The van der Waals surface area contributed by atoms with Gasteiger partial charge in [0.05, 0.1) is 19.7 Å². The van der Waals surface area contributed by atoms with Crippen LogP contribution in [-0.4, -0.2) is 51.4 Å². The van der Waals surface area contributed by atoms with E-state index in [1.54, 1.807) is 14.2 Å². The topological polar surface area (TPSA) is 84.0 Å². The predicted octanol–water partition coefficient (Wildman–Crippen LogP) is 3.42. The number of hydrogen-bond donors (Lipinski definition) is 1. The van der Waals surface area contributed by atoms with E-state index in [9.17, 15) is 9.59 Å². The first-order valence-corrected chi connectivity index (χ1v) is 12.3. The lowest BCUT2D eigenvalue weighted by Crippen LogP contribution is -2.52. The lowest BCUT2D eigenvalue weighted by molar-refractivity contribution is 0.395. The number of pyridine rings is 1. The highest BCUT2D eigenvalue weighted by Gasteiger charge is 2.32. The Kier molecular flexibility index (Phi) is 5.51. The van der Waals surface area contributed by atoms with Crippen molar-refractivity contribution >= 4 is 28.1 Å². The third-order valence-corrected chi connectivity index (χ3v) is 7.14. The van der Waals surface area contributed by atoms with Gasteiger partial charge in [-0.1, -0.05) is 18.2 Å². The molecule has 1 N–H and O–H groups in total. The molecule has 4 aromatic rings. The zero-order chi connectivity index (χ0) is 24.8. The van der Waals surface area contributed by atoms with Crippen molar-refractivity contribution in [3.05, 3.63) is 69.0 Å². The quantitative estimate of drug-likeness (QED) is 0.400. The third-order valence-electron chi connectivity index (χ3n) is 7.14. The van der Waals surface area contributed by atoms with E-state index in [1.807, 2.05) is 35.2 Å². The third kappa shape index (κ3) is 3.82. The van der Waals surface area contributed by atoms with Crippen LogP contribution in [0.4, 0.5) is 17.2 Å². The molecule has 1 saturated heterocycles. The Bertz CT molecular complexity index is 1510. The summed E-state index contributed by atoms with van der Waals surface area (Å²) in [5.74, 6) is 2.36. The average Bonchev–Trinajstić information content (AvgIpc) is 3.76. The van der Waals surface area contributed by atoms with E-state index < -0.39 is 0 Å². The van der Waals surface area contributed by atoms with Gasteiger partial charge >= 0.3 is 0 Å². The fourth-order valence-electron chi connectivity index (χ4n) is 4.96. The minimum Gasteiger partial charge on any atom is -0.497 e. The number of anilines is 3. The van der Waals surface area contributed by atoms with Crippen LogP contribution >= 0.6 is 0 Å². The van der Waals surface area contributed by atoms with Gasteiger partial charge in [0.15, 0.2) is 0 Å². The normalized spacial score (nSPS) is 15.9. The minimum absolute atomic E-state index is 0.341. The Morgan fingerprint density at radius 2 is 1.64 bits per heavy atom. The summed E-state index contributed by atoms with van der Waals surface area (Å²) >= 11 is 0. The van der Waals surface area contributed by atoms with Gasteiger partial charge in [-0.3, -0.25) is 9.59 Å². The Morgan fingerprint density at radius 3 is 2.36 bits per heavy atom. The molecule has 0 bridgehead atoms. The minimum atomic E-state index is -0.378. The molecule has 184 valence electrons. The van der Waals surface area contributed by atoms with Crippen molar-refractivity contribution < 1.29 is 9.47 Å². The molecule has 0 spiro atoms. The van der Waals surface area contributed by atoms with Gasteiger partial charge in [0, 0.05) is 54.8 Å². The molecule has 1 aromatic heterocycles. The Hall–Kier alpha value is -4.07. The van der Waals surface area contributed by atoms with E-state index in [0.717, 1.165) is 52.2 Å². The maximum absolute atomic E-state index is 12.3. The zero-order valence-corrected chi connectivity index (χ0v) is 20.4. The number of piperazine rings is 1. The number of methoxy groups -OCH3 is 2. The SMILES string of the molecule is COc1ccc(-c2cccc3ccc(N4CCN(c5c(NC6CC6)c(=O)c5=O)CC4)nc23)c(OC)c1. The van der Waals surface area contributed by atoms with E-state index in [-0.39, 0.29) is 10.9 Å². The van der Waals surface area contributed by atoms with Crippen molar-refractivity contribution in [2.24, 2.45) is 0 Å². The van der Waals surface area contributed by atoms with Crippen LogP contribution in [-0.2, 0) is 0 Å². The van der Waals surface area contributed by atoms with Crippen molar-refractivity contribution in [2.45, 2.75) is 18.9 Å². The number of para-hydroxylation sites is 1. The summed E-state index contributed by atoms with van der Waals surface area (Å²) in [5.41, 5.74) is 3.18. The van der Waals surface area contributed by atoms with Crippen molar-refractivity contribution in [3.8, 4) is 22.6 Å². The predicted molar refractivity (Wildman–Crippen MR) is 143 cm³/mol. The molecular weight excluding hydrogens is 456 g/mol. The first-order chi connectivity index (χ1) is 17.6. The van der Waals surface area contributed by atoms with E-state index >= 15 is 0 Å². The molecule has 0 radical (unpaired) electrons. The molecular formula is C28H28N4O4. The molecule has 0 unspecified atom stereocenters. The van der Waals surface area contributed by atoms with E-state index in [4.69, 9.17) is 14.5 Å². The molecule has 0 amide bonds. The molecule has 2 aliphatic rings. The second kappa shape index (κ2) is 8.86. The number of hydrogen-bond acceptors (Lipinski definition) is 8. The highest BCUT2D eigenvalue weighted by molar-refractivity contribution is 5.96. The van der Waals surface area contributed by atoms with Gasteiger partial charge in [0.2, 0.25) is 0 Å². The highest BCUT2D eigenvalue weighted by Crippen LogP contribution is 2.37. The molecule has 0 atom stereocenters. The van der Waals surface area contributed by atoms with Crippen LogP contribution in [0.5, 0.6) is 11.5 Å². The number of aromatic nitrogens is 1. The van der Waals surface area contributed by atoms with Gasteiger partial charge in [-0.05, 0) is 37.1 Å². The van der Waals surface area contributed by atoms with E-state index in [1.165, 1.54) is 0 Å². The summed E-state index contributed by atoms with van der Waals surface area (Å²) in [6.45, 7) is 2.76. The number of ether oxygens (including phenoxy) is 2. The molecule has 36 heavy (non-hydrogen) atoms. The van der Waals surface area contributed by atoms with Gasteiger partial charge in [0.1, 0.15) is 28.7 Å². The molecule has 2 heterocycles. The smallest absolute Gasteiger partial charge is 0.253 e. The maximum Gasteiger partial charge on any atom is 0.253 e. The maximum atomic E-state index is 12.3. The molecule has 1 aliphatic heterocycles. The second-order valence-corrected chi connectivity index (χ2v) is 9.39. The van der Waals surface area contributed by atoms with Crippen LogP contribution in [0.25, 0.3) is 22.0 Å². The molecule has 2 fully saturated rings. The van der Waals surface area contributed by atoms with Crippen LogP contribution in [0.1, 0.15) is 12.8 Å². The van der Waals surface area contributed by atoms with Crippen LogP contribution in [0.15, 0.2) is 58.1 Å². The van der Waals surface area contributed by atoms with Crippen molar-refractivity contribution in [1.29, 1.82) is 0 Å². The van der Waals surface area contributed by atoms with E-state index in [0.29, 0.717) is 43.6 Å². The Balaban J connectivity index is 1.27. The van der Waals surface area contributed by atoms with Gasteiger partial charge in [0.25, 0.3) is 10.9 Å². The first kappa shape index (κ1) is 22.4. The average molecular weight is 485 g/mol. The summed E-state index contributed by atoms with van der Waals surface area (Å²) in [6, 6.07) is 16.4. The van der Waals surface area contributed by atoms with Gasteiger partial charge < -0.3 is 24.6 Å². The van der Waals surface area contributed by atoms with Crippen LogP contribution in [0.2, 0.25) is 0 Å². The van der Waals surface area contributed by atoms with Gasteiger partial charge in [-0.15, -0.1) is 0 Å². The molecule has 8 heteroatoms. The summed E-state index contributed by atoms with van der Waals surface area (Å²) in [7, 11) is 3.29. The zero-order valence-electron chi connectivity index (χ0n) is 20.4. The standard InChI is InChI=1S/C28H28N4O4/c1-35-19-9-10-20(22(16-19)36-2)21-5-3-4-17-6-11-23(30-24(17)21)31-12-14-32(15-13-31)26-25(27(33)28(26)34)29-18-7-8-18/h3-6,9-11,16,18,29H,7-8,12-15H2,1-2H3. The monoisotopic (exact) mass is 484 g/mol. The Morgan fingerprint density at radius 1 is 0.861 bits per heavy atom. The fourth-order valence-corrected chi connectivity index (χ4v) is 4.96. The summed E-state index contributed by atoms with van der Waals surface area (Å²) < 4.78 is 11.0. The number of nitrogens with one attached hydrogen (secondary N) is 1. The molecule has 6 rings (SSSR count). The lowest BCUT2D eigenvalue weighted by atomic mass is 10.0. The summed E-state index contributed by atoms with van der Waals surface area (Å²) in [4.78, 5) is 33.7. The largest absolute Gasteiger partial charge is 0.497 e. The van der Waals surface area contributed by atoms with Crippen molar-refractivity contribution in [1.82, 2.24) is 4.98 Å². The first-order valence-electron chi connectivity index (χ1n) is 12.3. The van der Waals surface area contributed by atoms with Gasteiger partial charge in [-0.2, -0.15) is 0 Å². The van der Waals surface area contributed by atoms with Crippen LogP contribution in [0, 0.1) is 0 Å². The molecule has 8 nitrogen and oxygen atoms in total. The molecule has 3 aromatic carbocycles. The van der Waals surface area contributed by atoms with Crippen LogP contribution < -0.4 is 35.4 Å². The molecule has 1 saturated carbocycles. The number of rotatable bonds is 7. The van der Waals surface area contributed by atoms with Crippen molar-refractivity contribution in [2.75, 3.05) is 55.5 Å². The fraction of sp³-hybridized carbons (Fsp3) is 0.321. The Labute approximate surface area is 208 Å². The lowest BCUT2D eigenvalue weighted by Gasteiger charge is -2.37. The van der Waals surface area contributed by atoms with E-state index in [2.05, 4.69) is 28.4 Å². The summed E-state index contributed by atoms with van der Waals surface area (Å²) in [6.07, 6.45) is 2.12. The van der Waals surface area contributed by atoms with Crippen LogP contribution in [0.3, 0.4) is 0 Å².